The first kappa shape index (κ1) is 22.4. The molecule has 0 spiro atoms. The Kier molecular flexibility index (Phi) is 5.58. The van der Waals surface area contributed by atoms with Gasteiger partial charge < -0.3 is 5.32 Å². The van der Waals surface area contributed by atoms with Crippen molar-refractivity contribution in [1.82, 2.24) is 0 Å². The highest BCUT2D eigenvalue weighted by Crippen LogP contribution is 2.50. The van der Waals surface area contributed by atoms with Crippen molar-refractivity contribution in [3.8, 4) is 0 Å². The van der Waals surface area contributed by atoms with Gasteiger partial charge in [-0.15, -0.1) is 0 Å². The zero-order valence-corrected chi connectivity index (χ0v) is 19.8. The molecule has 2 N–H and O–H groups in total. The second kappa shape index (κ2) is 8.45. The van der Waals surface area contributed by atoms with Crippen molar-refractivity contribution < 1.29 is 13.3 Å². The van der Waals surface area contributed by atoms with Crippen LogP contribution in [0.5, 0.6) is 0 Å². The number of nitrogens with zero attached hydrogens (tertiary/aromatic N) is 1. The van der Waals surface area contributed by atoms with E-state index in [-0.39, 0.29) is 28.5 Å². The van der Waals surface area contributed by atoms with Crippen LogP contribution in [0.25, 0.3) is 0 Å². The van der Waals surface area contributed by atoms with Crippen LogP contribution in [-0.4, -0.2) is 13.3 Å². The molecule has 34 heavy (non-hydrogen) atoms. The summed E-state index contributed by atoms with van der Waals surface area (Å²) in [6.07, 6.45) is 5.06. The number of nitro benzene ring substituents is 1. The van der Waals surface area contributed by atoms with Gasteiger partial charge in [0.15, 0.2) is 0 Å². The Hall–Kier alpha value is -3.36. The van der Waals surface area contributed by atoms with Crippen LogP contribution in [0.4, 0.5) is 17.1 Å². The Morgan fingerprint density at radius 3 is 2.56 bits per heavy atom. The van der Waals surface area contributed by atoms with Gasteiger partial charge in [-0.1, -0.05) is 42.0 Å². The molecule has 9 heteroatoms. The van der Waals surface area contributed by atoms with E-state index in [9.17, 15) is 18.5 Å². The molecule has 174 valence electrons. The second-order valence-corrected chi connectivity index (χ2v) is 10.7. The maximum absolute atomic E-state index is 13.1. The summed E-state index contributed by atoms with van der Waals surface area (Å²) in [7, 11) is -3.81. The van der Waals surface area contributed by atoms with E-state index in [1.54, 1.807) is 48.5 Å². The lowest BCUT2D eigenvalue weighted by atomic mass is 9.77. The Balaban J connectivity index is 1.46. The molecule has 0 fully saturated rings. The van der Waals surface area contributed by atoms with Crippen molar-refractivity contribution in [3.63, 3.8) is 0 Å². The summed E-state index contributed by atoms with van der Waals surface area (Å²) in [6.45, 7) is 1.85. The molecule has 0 amide bonds. The lowest BCUT2D eigenvalue weighted by Crippen LogP contribution is -2.29. The highest BCUT2D eigenvalue weighted by atomic mass is 35.5. The number of sulfonamides is 1. The Morgan fingerprint density at radius 1 is 1.09 bits per heavy atom. The smallest absolute Gasteiger partial charge is 0.269 e. The fraction of sp³-hybridized carbons (Fsp3) is 0.200. The number of non-ortho nitro benzene ring substituents is 1. The topological polar surface area (TPSA) is 101 Å². The number of anilines is 2. The standard InChI is InChI=1S/C25H22ClN3O4S/c1-15-5-8-17(13-23(15)26)28-34(32,33)19-11-12-24-22(14-19)20-3-2-4-21(20)25(27-24)16-6-9-18(10-7-16)29(30)31/h2-3,5-14,20-21,25,27-28H,4H2,1H3/t20-,21+,25+/m0/s1. The molecule has 3 aromatic carbocycles. The molecule has 0 radical (unpaired) electrons. The molecule has 1 aliphatic carbocycles. The minimum absolute atomic E-state index is 0.0383. The molecule has 0 saturated heterocycles. The molecule has 3 aromatic rings. The number of hydrogen-bond donors (Lipinski definition) is 2. The van der Waals surface area contributed by atoms with Gasteiger partial charge in [-0.25, -0.2) is 8.42 Å². The summed E-state index contributed by atoms with van der Waals surface area (Å²) >= 11 is 6.15. The van der Waals surface area contributed by atoms with Crippen molar-refractivity contribution in [2.45, 2.75) is 30.2 Å². The van der Waals surface area contributed by atoms with E-state index in [2.05, 4.69) is 22.2 Å². The van der Waals surface area contributed by atoms with Crippen molar-refractivity contribution in [1.29, 1.82) is 0 Å². The summed E-state index contributed by atoms with van der Waals surface area (Å²) < 4.78 is 28.8. The van der Waals surface area contributed by atoms with Crippen LogP contribution in [0.2, 0.25) is 5.02 Å². The molecule has 0 aromatic heterocycles. The van der Waals surface area contributed by atoms with Crippen LogP contribution < -0.4 is 10.0 Å². The van der Waals surface area contributed by atoms with Crippen molar-refractivity contribution >= 4 is 38.7 Å². The fourth-order valence-electron chi connectivity index (χ4n) is 4.74. The van der Waals surface area contributed by atoms with E-state index >= 15 is 0 Å². The van der Waals surface area contributed by atoms with Crippen molar-refractivity contribution in [3.05, 3.63) is 105 Å². The highest BCUT2D eigenvalue weighted by molar-refractivity contribution is 7.92. The van der Waals surface area contributed by atoms with Gasteiger partial charge in [-0.2, -0.15) is 0 Å². The van der Waals surface area contributed by atoms with Gasteiger partial charge in [0.25, 0.3) is 15.7 Å². The Labute approximate surface area is 202 Å². The van der Waals surface area contributed by atoms with Crippen LogP contribution in [0.1, 0.15) is 35.1 Å². The zero-order valence-electron chi connectivity index (χ0n) is 18.2. The Morgan fingerprint density at radius 2 is 1.85 bits per heavy atom. The lowest BCUT2D eigenvalue weighted by molar-refractivity contribution is -0.384. The third-order valence-corrected chi connectivity index (χ3v) is 8.32. The largest absolute Gasteiger partial charge is 0.378 e. The molecule has 1 aliphatic heterocycles. The molecule has 0 saturated carbocycles. The molecular formula is C25H22ClN3O4S. The van der Waals surface area contributed by atoms with Crippen LogP contribution in [0, 0.1) is 23.0 Å². The molecular weight excluding hydrogens is 474 g/mol. The van der Waals surface area contributed by atoms with Gasteiger partial charge in [-0.05, 0) is 66.3 Å². The summed E-state index contributed by atoms with van der Waals surface area (Å²) in [5.74, 6) is 0.219. The van der Waals surface area contributed by atoms with Crippen LogP contribution in [0.3, 0.4) is 0 Å². The summed E-state index contributed by atoms with van der Waals surface area (Å²) in [5.41, 5.74) is 4.06. The predicted octanol–water partition coefficient (Wildman–Crippen LogP) is 6.18. The molecule has 1 heterocycles. The molecule has 0 unspecified atom stereocenters. The van der Waals surface area contributed by atoms with E-state index in [0.29, 0.717) is 10.7 Å². The molecule has 2 aliphatic rings. The van der Waals surface area contributed by atoms with E-state index in [1.807, 2.05) is 6.92 Å². The number of fused-ring (bicyclic) bond motifs is 3. The summed E-state index contributed by atoms with van der Waals surface area (Å²) in [5, 5.41) is 15.0. The average Bonchev–Trinajstić information content (AvgIpc) is 3.31. The van der Waals surface area contributed by atoms with E-state index < -0.39 is 14.9 Å². The number of hydrogen-bond acceptors (Lipinski definition) is 5. The van der Waals surface area contributed by atoms with Crippen LogP contribution in [0.15, 0.2) is 77.7 Å². The van der Waals surface area contributed by atoms with Crippen molar-refractivity contribution in [2.24, 2.45) is 5.92 Å². The first-order chi connectivity index (χ1) is 16.2. The summed E-state index contributed by atoms with van der Waals surface area (Å²) in [4.78, 5) is 10.8. The molecule has 3 atom stereocenters. The zero-order chi connectivity index (χ0) is 24.0. The first-order valence-electron chi connectivity index (χ1n) is 10.8. The van der Waals surface area contributed by atoms with E-state index in [4.69, 9.17) is 11.6 Å². The molecule has 0 bridgehead atoms. The van der Waals surface area contributed by atoms with Gasteiger partial charge >= 0.3 is 0 Å². The van der Waals surface area contributed by atoms with E-state index in [0.717, 1.165) is 28.8 Å². The molecule has 5 rings (SSSR count). The minimum Gasteiger partial charge on any atom is -0.378 e. The lowest BCUT2D eigenvalue weighted by Gasteiger charge is -2.37. The number of nitrogens with one attached hydrogen (secondary N) is 2. The van der Waals surface area contributed by atoms with Crippen LogP contribution >= 0.6 is 11.6 Å². The third-order valence-electron chi connectivity index (χ3n) is 6.53. The highest BCUT2D eigenvalue weighted by Gasteiger charge is 2.38. The maximum Gasteiger partial charge on any atom is 0.269 e. The van der Waals surface area contributed by atoms with Gasteiger partial charge in [0.05, 0.1) is 21.5 Å². The van der Waals surface area contributed by atoms with Gasteiger partial charge in [0.1, 0.15) is 0 Å². The average molecular weight is 496 g/mol. The number of nitro groups is 1. The maximum atomic E-state index is 13.1. The Bertz CT molecular complexity index is 1420. The normalized spacial score (nSPS) is 20.8. The fourth-order valence-corrected chi connectivity index (χ4v) is 6.01. The molecule has 7 nitrogen and oxygen atoms in total. The first-order valence-corrected chi connectivity index (χ1v) is 12.7. The second-order valence-electron chi connectivity index (χ2n) is 8.64. The number of allylic oxidation sites excluding steroid dienone is 2. The van der Waals surface area contributed by atoms with Gasteiger partial charge in [0, 0.05) is 28.8 Å². The van der Waals surface area contributed by atoms with Crippen molar-refractivity contribution in [2.75, 3.05) is 10.0 Å². The number of halogens is 1. The third kappa shape index (κ3) is 4.03. The predicted molar refractivity (Wildman–Crippen MR) is 133 cm³/mol. The summed E-state index contributed by atoms with van der Waals surface area (Å²) in [6, 6.07) is 16.7. The van der Waals surface area contributed by atoms with Crippen LogP contribution in [-0.2, 0) is 10.0 Å². The quantitative estimate of drug-likeness (QED) is 0.250. The number of benzene rings is 3. The number of rotatable bonds is 5. The van der Waals surface area contributed by atoms with E-state index in [1.165, 1.54) is 12.1 Å². The van der Waals surface area contributed by atoms with Gasteiger partial charge in [0.2, 0.25) is 0 Å². The SMILES string of the molecule is Cc1ccc(NS(=O)(=O)c2ccc3c(c2)[C@H]2C=CC[C@H]2[C@@H](c2ccc([N+](=O)[O-])cc2)N3)cc1Cl. The minimum atomic E-state index is -3.81. The number of aryl methyl sites for hydroxylation is 1. The van der Waals surface area contributed by atoms with Gasteiger partial charge in [-0.3, -0.25) is 14.8 Å². The monoisotopic (exact) mass is 495 g/mol.